The van der Waals surface area contributed by atoms with Crippen LogP contribution in [0, 0.1) is 0 Å². The van der Waals surface area contributed by atoms with Crippen LogP contribution in [0.5, 0.6) is 5.75 Å². The molecule has 7 heteroatoms. The summed E-state index contributed by atoms with van der Waals surface area (Å²) < 4.78 is 33.7. The van der Waals surface area contributed by atoms with E-state index in [-0.39, 0.29) is 11.4 Å². The summed E-state index contributed by atoms with van der Waals surface area (Å²) >= 11 is 3.29. The minimum absolute atomic E-state index is 0.117. The molecule has 0 atom stereocenters. The van der Waals surface area contributed by atoms with Gasteiger partial charge in [0, 0.05) is 10.7 Å². The van der Waals surface area contributed by atoms with E-state index in [0.29, 0.717) is 22.5 Å². The standard InChI is InChI=1S/C15H17BrN2O3S/c1-2-9-21-14-7-6-12(16)10-15(14)22(19,20)18-11-13-5-3-4-8-17-13/h3-8,10,18H,2,9,11H2,1H3. The van der Waals surface area contributed by atoms with E-state index >= 15 is 0 Å². The molecule has 22 heavy (non-hydrogen) atoms. The van der Waals surface area contributed by atoms with Crippen LogP contribution in [0.1, 0.15) is 19.0 Å². The van der Waals surface area contributed by atoms with Crippen LogP contribution in [0.3, 0.4) is 0 Å². The third-order valence-corrected chi connectivity index (χ3v) is 4.74. The SMILES string of the molecule is CCCOc1ccc(Br)cc1S(=O)(=O)NCc1ccccn1. The Morgan fingerprint density at radius 3 is 2.77 bits per heavy atom. The monoisotopic (exact) mass is 384 g/mol. The normalized spacial score (nSPS) is 11.4. The number of hydrogen-bond donors (Lipinski definition) is 1. The van der Waals surface area contributed by atoms with E-state index in [1.165, 1.54) is 6.07 Å². The van der Waals surface area contributed by atoms with Gasteiger partial charge in [-0.3, -0.25) is 4.98 Å². The molecule has 0 fully saturated rings. The summed E-state index contributed by atoms with van der Waals surface area (Å²) in [6.07, 6.45) is 2.43. The van der Waals surface area contributed by atoms with Gasteiger partial charge in [0.25, 0.3) is 0 Å². The minimum atomic E-state index is -3.69. The van der Waals surface area contributed by atoms with Crippen LogP contribution in [-0.2, 0) is 16.6 Å². The maximum Gasteiger partial charge on any atom is 0.244 e. The molecule has 5 nitrogen and oxygen atoms in total. The highest BCUT2D eigenvalue weighted by Crippen LogP contribution is 2.27. The van der Waals surface area contributed by atoms with Crippen molar-refractivity contribution < 1.29 is 13.2 Å². The summed E-state index contributed by atoms with van der Waals surface area (Å²) in [7, 11) is -3.69. The number of benzene rings is 1. The summed E-state index contributed by atoms with van der Waals surface area (Å²) in [6.45, 7) is 2.56. The largest absolute Gasteiger partial charge is 0.492 e. The Morgan fingerprint density at radius 2 is 2.09 bits per heavy atom. The fourth-order valence-corrected chi connectivity index (χ4v) is 3.45. The molecule has 1 heterocycles. The van der Waals surface area contributed by atoms with Gasteiger partial charge in [-0.05, 0) is 36.8 Å². The van der Waals surface area contributed by atoms with E-state index in [4.69, 9.17) is 4.74 Å². The molecule has 0 amide bonds. The Bertz CT molecular complexity index is 721. The maximum absolute atomic E-state index is 12.5. The molecule has 0 saturated heterocycles. The lowest BCUT2D eigenvalue weighted by atomic mass is 10.3. The molecule has 1 aromatic carbocycles. The van der Waals surface area contributed by atoms with Gasteiger partial charge in [-0.2, -0.15) is 0 Å². The lowest BCUT2D eigenvalue weighted by Crippen LogP contribution is -2.24. The summed E-state index contributed by atoms with van der Waals surface area (Å²) in [5.41, 5.74) is 0.650. The molecular formula is C15H17BrN2O3S. The summed E-state index contributed by atoms with van der Waals surface area (Å²) in [4.78, 5) is 4.21. The molecule has 0 radical (unpaired) electrons. The Morgan fingerprint density at radius 1 is 1.27 bits per heavy atom. The van der Waals surface area contributed by atoms with E-state index in [0.717, 1.165) is 6.42 Å². The molecule has 0 aliphatic carbocycles. The van der Waals surface area contributed by atoms with Gasteiger partial charge in [-0.15, -0.1) is 0 Å². The topological polar surface area (TPSA) is 68.3 Å². The minimum Gasteiger partial charge on any atom is -0.492 e. The molecule has 0 aliphatic heterocycles. The van der Waals surface area contributed by atoms with Gasteiger partial charge in [0.2, 0.25) is 10.0 Å². The van der Waals surface area contributed by atoms with Crippen LogP contribution >= 0.6 is 15.9 Å². The van der Waals surface area contributed by atoms with Crippen LogP contribution in [-0.4, -0.2) is 20.0 Å². The molecular weight excluding hydrogens is 368 g/mol. The Labute approximate surface area is 138 Å². The van der Waals surface area contributed by atoms with Crippen LogP contribution in [0.25, 0.3) is 0 Å². The number of nitrogens with zero attached hydrogens (tertiary/aromatic N) is 1. The second kappa shape index (κ2) is 7.71. The fraction of sp³-hybridized carbons (Fsp3) is 0.267. The van der Waals surface area contributed by atoms with Gasteiger partial charge in [0.15, 0.2) is 0 Å². The molecule has 1 aromatic heterocycles. The number of hydrogen-bond acceptors (Lipinski definition) is 4. The van der Waals surface area contributed by atoms with Crippen LogP contribution in [0.2, 0.25) is 0 Å². The molecule has 0 bridgehead atoms. The van der Waals surface area contributed by atoms with Crippen molar-refractivity contribution in [2.45, 2.75) is 24.8 Å². The quantitative estimate of drug-likeness (QED) is 0.795. The van der Waals surface area contributed by atoms with E-state index in [9.17, 15) is 8.42 Å². The van der Waals surface area contributed by atoms with Gasteiger partial charge in [0.05, 0.1) is 18.8 Å². The lowest BCUT2D eigenvalue weighted by Gasteiger charge is -2.12. The maximum atomic E-state index is 12.5. The van der Waals surface area contributed by atoms with Crippen molar-refractivity contribution in [2.24, 2.45) is 0 Å². The average Bonchev–Trinajstić information content (AvgIpc) is 2.53. The van der Waals surface area contributed by atoms with Crippen molar-refractivity contribution in [3.05, 3.63) is 52.8 Å². The third-order valence-electron chi connectivity index (χ3n) is 2.83. The van der Waals surface area contributed by atoms with Gasteiger partial charge in [0.1, 0.15) is 10.6 Å². The average molecular weight is 385 g/mol. The van der Waals surface area contributed by atoms with Crippen molar-refractivity contribution >= 4 is 26.0 Å². The zero-order chi connectivity index (χ0) is 16.0. The molecule has 0 unspecified atom stereocenters. The number of pyridine rings is 1. The second-order valence-electron chi connectivity index (χ2n) is 4.59. The Hall–Kier alpha value is -1.44. The smallest absolute Gasteiger partial charge is 0.244 e. The number of rotatable bonds is 7. The zero-order valence-corrected chi connectivity index (χ0v) is 14.5. The van der Waals surface area contributed by atoms with Crippen molar-refractivity contribution in [3.8, 4) is 5.75 Å². The fourth-order valence-electron chi connectivity index (χ4n) is 1.77. The molecule has 2 rings (SSSR count). The molecule has 1 N–H and O–H groups in total. The number of halogens is 1. The van der Waals surface area contributed by atoms with Crippen LogP contribution in [0.15, 0.2) is 52.0 Å². The van der Waals surface area contributed by atoms with E-state index < -0.39 is 10.0 Å². The van der Waals surface area contributed by atoms with E-state index in [1.54, 1.807) is 30.5 Å². The lowest BCUT2D eigenvalue weighted by molar-refractivity contribution is 0.309. The van der Waals surface area contributed by atoms with Crippen molar-refractivity contribution in [1.82, 2.24) is 9.71 Å². The highest BCUT2D eigenvalue weighted by atomic mass is 79.9. The molecule has 118 valence electrons. The molecule has 2 aromatic rings. The highest BCUT2D eigenvalue weighted by molar-refractivity contribution is 9.10. The summed E-state index contributed by atoms with van der Waals surface area (Å²) in [6, 6.07) is 10.3. The number of ether oxygens (including phenoxy) is 1. The second-order valence-corrected chi connectivity index (χ2v) is 7.24. The first-order valence-corrected chi connectivity index (χ1v) is 9.12. The molecule has 0 spiro atoms. The van der Waals surface area contributed by atoms with E-state index in [1.807, 2.05) is 13.0 Å². The number of nitrogens with one attached hydrogen (secondary N) is 1. The predicted molar refractivity (Wildman–Crippen MR) is 88.2 cm³/mol. The Kier molecular flexibility index (Phi) is 5.93. The van der Waals surface area contributed by atoms with E-state index in [2.05, 4.69) is 25.6 Å². The van der Waals surface area contributed by atoms with Gasteiger partial charge in [-0.1, -0.05) is 28.9 Å². The van der Waals surface area contributed by atoms with Crippen molar-refractivity contribution in [2.75, 3.05) is 6.61 Å². The number of aromatic nitrogens is 1. The van der Waals surface area contributed by atoms with Crippen LogP contribution < -0.4 is 9.46 Å². The first kappa shape index (κ1) is 16.9. The first-order chi connectivity index (χ1) is 10.5. The predicted octanol–water partition coefficient (Wildman–Crippen LogP) is 3.11. The Balaban J connectivity index is 2.22. The van der Waals surface area contributed by atoms with Gasteiger partial charge >= 0.3 is 0 Å². The molecule has 0 saturated carbocycles. The van der Waals surface area contributed by atoms with Crippen molar-refractivity contribution in [1.29, 1.82) is 0 Å². The summed E-state index contributed by atoms with van der Waals surface area (Å²) in [5, 5.41) is 0. The zero-order valence-electron chi connectivity index (χ0n) is 12.1. The van der Waals surface area contributed by atoms with Gasteiger partial charge in [-0.25, -0.2) is 13.1 Å². The third kappa shape index (κ3) is 4.53. The molecule has 0 aliphatic rings. The summed E-state index contributed by atoms with van der Waals surface area (Å²) in [5.74, 6) is 0.346. The van der Waals surface area contributed by atoms with Crippen molar-refractivity contribution in [3.63, 3.8) is 0 Å². The van der Waals surface area contributed by atoms with Crippen LogP contribution in [0.4, 0.5) is 0 Å². The highest BCUT2D eigenvalue weighted by Gasteiger charge is 2.20. The first-order valence-electron chi connectivity index (χ1n) is 6.85. The van der Waals surface area contributed by atoms with Gasteiger partial charge < -0.3 is 4.74 Å². The number of sulfonamides is 1.